The minimum atomic E-state index is -5.08. The van der Waals surface area contributed by atoms with E-state index in [1.54, 1.807) is 17.8 Å². The number of alkyl halides is 5. The van der Waals surface area contributed by atoms with E-state index < -0.39 is 24.1 Å². The van der Waals surface area contributed by atoms with Gasteiger partial charge >= 0.3 is 12.1 Å². The van der Waals surface area contributed by atoms with Crippen LogP contribution in [0.1, 0.15) is 53.7 Å². The summed E-state index contributed by atoms with van der Waals surface area (Å²) in [5, 5.41) is 21.7. The lowest BCUT2D eigenvalue weighted by Crippen LogP contribution is -2.63. The first-order valence-electron chi connectivity index (χ1n) is 18.4. The standard InChI is InChI=1S/C34H45F2N9O2.C2HF3O2/c1-37-25-16-30(41-45-27(17-39-31(25)45)32(46)40-24-6-7-28(24)47-2)44-13-8-23-22(4-3-5-26(23)44)18-42-12-9-29(34(35,36)21-42)43-14-10-33(11-15-43)19-38-20-33;3-2(4,5)1(6)7/h3-5,16-17,24,28-29,37-38H,6-15,18-21H2,1-2H3,(H,40,46);(H,6,7)/t24-,28-,29-;/m1./s1. The van der Waals surface area contributed by atoms with Gasteiger partial charge in [-0.05, 0) is 74.2 Å². The van der Waals surface area contributed by atoms with E-state index >= 15 is 8.78 Å². The molecule has 54 heavy (non-hydrogen) atoms. The molecule has 5 aliphatic rings. The number of benzene rings is 1. The van der Waals surface area contributed by atoms with Gasteiger partial charge in [0.05, 0.1) is 36.6 Å². The Morgan fingerprint density at radius 2 is 1.83 bits per heavy atom. The molecule has 1 spiro atoms. The van der Waals surface area contributed by atoms with Gasteiger partial charge in [0.25, 0.3) is 11.8 Å². The van der Waals surface area contributed by atoms with E-state index in [-0.39, 0.29) is 24.6 Å². The molecule has 18 heteroatoms. The number of carboxylic acids is 1. The Morgan fingerprint density at radius 3 is 2.43 bits per heavy atom. The Morgan fingerprint density at radius 1 is 1.09 bits per heavy atom. The number of rotatable bonds is 8. The summed E-state index contributed by atoms with van der Waals surface area (Å²) in [6.07, 6.45) is 1.62. The number of hydrogen-bond acceptors (Lipinski definition) is 10. The maximum absolute atomic E-state index is 15.7. The summed E-state index contributed by atoms with van der Waals surface area (Å²) in [5.41, 5.74) is 5.32. The van der Waals surface area contributed by atoms with Crippen molar-refractivity contribution in [3.8, 4) is 0 Å². The molecule has 0 unspecified atom stereocenters. The predicted molar refractivity (Wildman–Crippen MR) is 189 cm³/mol. The van der Waals surface area contributed by atoms with Crippen LogP contribution < -0.4 is 20.9 Å². The van der Waals surface area contributed by atoms with Gasteiger partial charge in [-0.2, -0.15) is 13.2 Å². The summed E-state index contributed by atoms with van der Waals surface area (Å²) in [5.74, 6) is -5.05. The van der Waals surface area contributed by atoms with Crippen LogP contribution in [-0.4, -0.2) is 132 Å². The SMILES string of the molecule is CNc1cc(N2CCc3c(CN4CC[C@@H](N5CCC6(CC5)CNC6)C(F)(F)C4)cccc32)nn2c(C(=O)N[C@@H]3CC[C@H]3OC)cnc12.O=C(O)C(F)(F)F. The first kappa shape index (κ1) is 38.2. The number of aromatic nitrogens is 3. The van der Waals surface area contributed by atoms with Crippen LogP contribution in [0.2, 0.25) is 0 Å². The number of anilines is 3. The van der Waals surface area contributed by atoms with Gasteiger partial charge in [-0.1, -0.05) is 12.1 Å². The normalized spacial score (nSPS) is 24.9. The second-order valence-corrected chi connectivity index (χ2v) is 15.0. The summed E-state index contributed by atoms with van der Waals surface area (Å²) >= 11 is 0. The monoisotopic (exact) mass is 763 g/mol. The van der Waals surface area contributed by atoms with Crippen molar-refractivity contribution < 1.29 is 41.4 Å². The molecule has 1 aromatic carbocycles. The van der Waals surface area contributed by atoms with E-state index in [4.69, 9.17) is 19.7 Å². The van der Waals surface area contributed by atoms with Gasteiger partial charge < -0.3 is 30.7 Å². The van der Waals surface area contributed by atoms with Crippen molar-refractivity contribution in [2.45, 2.75) is 75.4 Å². The zero-order valence-electron chi connectivity index (χ0n) is 30.3. The second kappa shape index (κ2) is 14.8. The summed E-state index contributed by atoms with van der Waals surface area (Å²) in [6, 6.07) is 7.41. The van der Waals surface area contributed by atoms with E-state index in [1.807, 2.05) is 24.1 Å². The second-order valence-electron chi connectivity index (χ2n) is 15.0. The first-order valence-corrected chi connectivity index (χ1v) is 18.4. The number of carbonyl (C=O) groups is 2. The third-order valence-electron chi connectivity index (χ3n) is 11.8. The number of imidazole rings is 1. The average Bonchev–Trinajstić information content (AvgIpc) is 3.74. The van der Waals surface area contributed by atoms with Gasteiger partial charge in [-0.25, -0.2) is 23.1 Å². The third kappa shape index (κ3) is 7.44. The Kier molecular flexibility index (Phi) is 10.5. The van der Waals surface area contributed by atoms with E-state index in [2.05, 4.69) is 42.9 Å². The molecule has 6 heterocycles. The molecule has 0 bridgehead atoms. The maximum Gasteiger partial charge on any atom is 0.490 e. The van der Waals surface area contributed by atoms with Crippen LogP contribution in [0.25, 0.3) is 5.65 Å². The number of carbonyl (C=O) groups excluding carboxylic acids is 1. The molecule has 1 saturated carbocycles. The van der Waals surface area contributed by atoms with Crippen molar-refractivity contribution in [3.05, 3.63) is 47.3 Å². The summed E-state index contributed by atoms with van der Waals surface area (Å²) < 4.78 is 70.2. The highest BCUT2D eigenvalue weighted by Crippen LogP contribution is 2.41. The summed E-state index contributed by atoms with van der Waals surface area (Å²) in [4.78, 5) is 32.8. The van der Waals surface area contributed by atoms with Crippen molar-refractivity contribution in [2.75, 3.05) is 70.2 Å². The highest BCUT2D eigenvalue weighted by molar-refractivity contribution is 5.94. The van der Waals surface area contributed by atoms with Crippen molar-refractivity contribution in [3.63, 3.8) is 0 Å². The smallest absolute Gasteiger partial charge is 0.475 e. The number of likely N-dealkylation sites (tertiary alicyclic amines) is 2. The Labute approximate surface area is 309 Å². The number of nitrogens with one attached hydrogen (secondary N) is 3. The fourth-order valence-electron chi connectivity index (χ4n) is 8.44. The largest absolute Gasteiger partial charge is 0.490 e. The van der Waals surface area contributed by atoms with Crippen molar-refractivity contribution in [1.29, 1.82) is 0 Å². The van der Waals surface area contributed by atoms with E-state index in [0.29, 0.717) is 48.6 Å². The minimum Gasteiger partial charge on any atom is -0.475 e. The molecule has 2 aromatic heterocycles. The molecule has 1 amide bonds. The van der Waals surface area contributed by atoms with Crippen LogP contribution in [0, 0.1) is 5.41 Å². The van der Waals surface area contributed by atoms with Gasteiger partial charge in [-0.15, -0.1) is 5.10 Å². The lowest BCUT2D eigenvalue weighted by molar-refractivity contribution is -0.192. The number of aliphatic carboxylic acids is 1. The van der Waals surface area contributed by atoms with Crippen molar-refractivity contribution in [2.24, 2.45) is 5.41 Å². The lowest BCUT2D eigenvalue weighted by atomic mass is 9.73. The van der Waals surface area contributed by atoms with E-state index in [0.717, 1.165) is 75.2 Å². The molecule has 4 N–H and O–H groups in total. The molecule has 8 rings (SSSR count). The topological polar surface area (TPSA) is 140 Å². The molecule has 294 valence electrons. The molecule has 3 saturated heterocycles. The number of ether oxygens (including phenoxy) is 1. The number of amides is 1. The van der Waals surface area contributed by atoms with Crippen molar-refractivity contribution in [1.82, 2.24) is 35.0 Å². The Hall–Kier alpha value is -4.13. The predicted octanol–water partition coefficient (Wildman–Crippen LogP) is 3.90. The number of halogens is 5. The molecule has 4 fully saturated rings. The average molecular weight is 764 g/mol. The molecule has 1 aliphatic carbocycles. The van der Waals surface area contributed by atoms with E-state index in [1.165, 1.54) is 5.56 Å². The molecule has 3 aromatic rings. The summed E-state index contributed by atoms with van der Waals surface area (Å²) in [7, 11) is 3.49. The Balaban J connectivity index is 0.000000588. The molecule has 0 radical (unpaired) electrons. The van der Waals surface area contributed by atoms with Gasteiger partial charge in [0.1, 0.15) is 0 Å². The maximum atomic E-state index is 15.7. The molecule has 3 atom stereocenters. The molecule has 13 nitrogen and oxygen atoms in total. The van der Waals surface area contributed by atoms with Crippen LogP contribution >= 0.6 is 0 Å². The summed E-state index contributed by atoms with van der Waals surface area (Å²) in [6.45, 7) is 5.27. The number of hydrogen-bond donors (Lipinski definition) is 4. The van der Waals surface area contributed by atoms with Crippen molar-refractivity contribution >= 4 is 34.7 Å². The number of piperidine rings is 2. The zero-order chi connectivity index (χ0) is 38.4. The first-order chi connectivity index (χ1) is 25.7. The van der Waals surface area contributed by atoms with Crippen LogP contribution in [0.15, 0.2) is 30.5 Å². The van der Waals surface area contributed by atoms with Crippen LogP contribution in [0.3, 0.4) is 0 Å². The van der Waals surface area contributed by atoms with E-state index in [9.17, 15) is 18.0 Å². The van der Waals surface area contributed by atoms with Gasteiger partial charge in [0.15, 0.2) is 17.2 Å². The number of carboxylic acid groups (broad SMARTS) is 1. The minimum absolute atomic E-state index is 0.0227. The van der Waals surface area contributed by atoms with Gasteiger partial charge in [0, 0.05) is 58.6 Å². The van der Waals surface area contributed by atoms with Gasteiger partial charge in [0.2, 0.25) is 0 Å². The third-order valence-corrected chi connectivity index (χ3v) is 11.8. The quantitative estimate of drug-likeness (QED) is 0.249. The van der Waals surface area contributed by atoms with Crippen LogP contribution in [-0.2, 0) is 22.5 Å². The van der Waals surface area contributed by atoms with Gasteiger partial charge in [-0.3, -0.25) is 14.6 Å². The van der Waals surface area contributed by atoms with Crippen LogP contribution in [0.5, 0.6) is 0 Å². The lowest BCUT2D eigenvalue weighted by Gasteiger charge is -2.52. The van der Waals surface area contributed by atoms with Crippen LogP contribution in [0.4, 0.5) is 39.1 Å². The molecule has 4 aliphatic heterocycles. The number of fused-ring (bicyclic) bond motifs is 2. The molecular weight excluding hydrogens is 717 g/mol. The fraction of sp³-hybridized carbons (Fsp3) is 0.611. The Bertz CT molecular complexity index is 1860. The molecular formula is C36H46F5N9O4. The zero-order valence-corrected chi connectivity index (χ0v) is 30.3. The fourth-order valence-corrected chi connectivity index (χ4v) is 8.44. The number of nitrogens with zero attached hydrogens (tertiary/aromatic N) is 6. The number of methoxy groups -OCH3 is 1. The highest BCUT2D eigenvalue weighted by Gasteiger charge is 2.50. The highest BCUT2D eigenvalue weighted by atomic mass is 19.4.